The lowest BCUT2D eigenvalue weighted by molar-refractivity contribution is -0.113. The zero-order valence-electron chi connectivity index (χ0n) is 14.7. The monoisotopic (exact) mass is 391 g/mol. The summed E-state index contributed by atoms with van der Waals surface area (Å²) in [6.45, 7) is 1.88. The Morgan fingerprint density at radius 3 is 2.46 bits per heavy atom. The van der Waals surface area contributed by atoms with Gasteiger partial charge in [-0.05, 0) is 60.7 Å². The number of hydrogen-bond acceptors (Lipinski definition) is 3. The lowest BCUT2D eigenvalue weighted by Crippen LogP contribution is -2.29. The summed E-state index contributed by atoms with van der Waals surface area (Å²) < 4.78 is 24.6. The third-order valence-electron chi connectivity index (χ3n) is 4.80. The maximum atomic E-state index is 12.3. The molecule has 1 fully saturated rings. The highest BCUT2D eigenvalue weighted by Crippen LogP contribution is 2.28. The zero-order chi connectivity index (χ0) is 18.7. The van der Waals surface area contributed by atoms with Gasteiger partial charge in [0.15, 0.2) is 9.84 Å². The number of hydrogen-bond donors (Lipinski definition) is 1. The molecule has 2 aromatic rings. The third-order valence-corrected chi connectivity index (χ3v) is 7.19. The third kappa shape index (κ3) is 4.46. The predicted octanol–water partition coefficient (Wildman–Crippen LogP) is 4.61. The van der Waals surface area contributed by atoms with Crippen LogP contribution in [0.3, 0.4) is 0 Å². The van der Waals surface area contributed by atoms with Crippen molar-refractivity contribution < 1.29 is 13.2 Å². The van der Waals surface area contributed by atoms with E-state index in [2.05, 4.69) is 5.32 Å². The average molecular weight is 392 g/mol. The van der Waals surface area contributed by atoms with Gasteiger partial charge in [0.1, 0.15) is 5.75 Å². The number of aryl methyl sites for hydroxylation is 1. The van der Waals surface area contributed by atoms with E-state index in [0.29, 0.717) is 23.6 Å². The molecular weight excluding hydrogens is 370 g/mol. The normalized spacial score (nSPS) is 15.2. The Balaban J connectivity index is 1.71. The number of sulfone groups is 1. The largest absolute Gasteiger partial charge is 0.325 e. The van der Waals surface area contributed by atoms with Crippen LogP contribution in [0.15, 0.2) is 42.5 Å². The highest BCUT2D eigenvalue weighted by molar-refractivity contribution is 7.92. The summed E-state index contributed by atoms with van der Waals surface area (Å²) in [7, 11) is -3.37. The summed E-state index contributed by atoms with van der Waals surface area (Å²) in [5.41, 5.74) is 3.47. The van der Waals surface area contributed by atoms with Gasteiger partial charge in [-0.2, -0.15) is 0 Å². The van der Waals surface area contributed by atoms with Gasteiger partial charge in [-0.25, -0.2) is 8.42 Å². The molecule has 2 aromatic carbocycles. The van der Waals surface area contributed by atoms with Crippen LogP contribution in [0.1, 0.15) is 31.2 Å². The molecule has 6 heteroatoms. The zero-order valence-corrected chi connectivity index (χ0v) is 16.2. The fraction of sp³-hybridized carbons (Fsp3) is 0.350. The first kappa shape index (κ1) is 18.9. The molecule has 0 aromatic heterocycles. The van der Waals surface area contributed by atoms with Crippen molar-refractivity contribution >= 4 is 33.0 Å². The average Bonchev–Trinajstić information content (AvgIpc) is 3.12. The molecule has 1 amide bonds. The summed E-state index contributed by atoms with van der Waals surface area (Å²) in [5, 5.41) is 3.04. The molecule has 0 bridgehead atoms. The summed E-state index contributed by atoms with van der Waals surface area (Å²) in [6.07, 6.45) is 3.19. The molecule has 0 aliphatic heterocycles. The van der Waals surface area contributed by atoms with E-state index in [0.717, 1.165) is 29.5 Å². The van der Waals surface area contributed by atoms with Gasteiger partial charge in [0.25, 0.3) is 0 Å². The van der Waals surface area contributed by atoms with Crippen LogP contribution >= 0.6 is 11.6 Å². The van der Waals surface area contributed by atoms with Crippen LogP contribution in [0.25, 0.3) is 11.1 Å². The highest BCUT2D eigenvalue weighted by Gasteiger charge is 2.30. The van der Waals surface area contributed by atoms with Crippen molar-refractivity contribution in [1.29, 1.82) is 0 Å². The molecule has 0 atom stereocenters. The molecule has 0 spiro atoms. The maximum absolute atomic E-state index is 12.3. The molecular formula is C20H22ClNO3S. The summed E-state index contributed by atoms with van der Waals surface area (Å²) in [4.78, 5) is 12.2. The van der Waals surface area contributed by atoms with Gasteiger partial charge in [0.05, 0.1) is 5.25 Å². The van der Waals surface area contributed by atoms with Crippen molar-refractivity contribution in [3.63, 3.8) is 0 Å². The van der Waals surface area contributed by atoms with E-state index in [-0.39, 0.29) is 5.25 Å². The lowest BCUT2D eigenvalue weighted by atomic mass is 10.0. The Morgan fingerprint density at radius 2 is 1.81 bits per heavy atom. The number of halogens is 1. The van der Waals surface area contributed by atoms with Gasteiger partial charge >= 0.3 is 0 Å². The quantitative estimate of drug-likeness (QED) is 0.809. The summed E-state index contributed by atoms with van der Waals surface area (Å²) in [6, 6.07) is 13.2. The van der Waals surface area contributed by atoms with E-state index in [4.69, 9.17) is 11.6 Å². The molecule has 0 saturated heterocycles. The van der Waals surface area contributed by atoms with Crippen molar-refractivity contribution in [1.82, 2.24) is 0 Å². The van der Waals surface area contributed by atoms with Crippen LogP contribution in [0.4, 0.5) is 5.69 Å². The molecule has 1 N–H and O–H groups in total. The van der Waals surface area contributed by atoms with Crippen LogP contribution in [-0.4, -0.2) is 25.3 Å². The van der Waals surface area contributed by atoms with E-state index in [9.17, 15) is 13.2 Å². The molecule has 1 saturated carbocycles. The summed E-state index contributed by atoms with van der Waals surface area (Å²) in [5.74, 6) is -0.928. The molecule has 0 radical (unpaired) electrons. The smallest absolute Gasteiger partial charge is 0.239 e. The molecule has 3 rings (SSSR count). The number of anilines is 1. The van der Waals surface area contributed by atoms with Gasteiger partial charge in [0, 0.05) is 10.7 Å². The van der Waals surface area contributed by atoms with Crippen LogP contribution in [0.5, 0.6) is 0 Å². The Hall–Kier alpha value is -1.85. The number of amides is 1. The fourth-order valence-corrected chi connectivity index (χ4v) is 5.30. The molecule has 0 heterocycles. The van der Waals surface area contributed by atoms with Gasteiger partial charge in [-0.3, -0.25) is 4.79 Å². The topological polar surface area (TPSA) is 63.2 Å². The Labute approximate surface area is 159 Å². The van der Waals surface area contributed by atoms with Gasteiger partial charge < -0.3 is 5.32 Å². The van der Waals surface area contributed by atoms with Crippen LogP contribution < -0.4 is 5.32 Å². The van der Waals surface area contributed by atoms with E-state index >= 15 is 0 Å². The second kappa shape index (κ2) is 7.80. The van der Waals surface area contributed by atoms with E-state index in [1.165, 1.54) is 0 Å². The van der Waals surface area contributed by atoms with Gasteiger partial charge in [-0.1, -0.05) is 42.6 Å². The van der Waals surface area contributed by atoms with Crippen molar-refractivity contribution in [2.75, 3.05) is 11.1 Å². The van der Waals surface area contributed by atoms with Crippen LogP contribution in [0, 0.1) is 6.92 Å². The molecule has 0 unspecified atom stereocenters. The lowest BCUT2D eigenvalue weighted by Gasteiger charge is -2.13. The molecule has 1 aliphatic carbocycles. The van der Waals surface area contributed by atoms with Crippen molar-refractivity contribution in [3.8, 4) is 11.1 Å². The number of rotatable bonds is 5. The molecule has 138 valence electrons. The first-order valence-electron chi connectivity index (χ1n) is 8.73. The number of carbonyl (C=O) groups is 1. The maximum Gasteiger partial charge on any atom is 0.239 e. The van der Waals surface area contributed by atoms with Crippen molar-refractivity contribution in [2.45, 2.75) is 37.9 Å². The Kier molecular flexibility index (Phi) is 5.68. The first-order chi connectivity index (χ1) is 12.3. The second-order valence-corrected chi connectivity index (χ2v) is 9.52. The minimum Gasteiger partial charge on any atom is -0.325 e. The molecule has 4 nitrogen and oxygen atoms in total. The van der Waals surface area contributed by atoms with Crippen LogP contribution in [-0.2, 0) is 14.6 Å². The minimum atomic E-state index is -3.37. The highest BCUT2D eigenvalue weighted by atomic mass is 35.5. The molecule has 1 aliphatic rings. The number of carbonyl (C=O) groups excluding carboxylic acids is 1. The van der Waals surface area contributed by atoms with Gasteiger partial charge in [0.2, 0.25) is 5.91 Å². The second-order valence-electron chi connectivity index (χ2n) is 6.80. The predicted molar refractivity (Wildman–Crippen MR) is 106 cm³/mol. The van der Waals surface area contributed by atoms with E-state index in [1.807, 2.05) is 43.3 Å². The Morgan fingerprint density at radius 1 is 1.12 bits per heavy atom. The van der Waals surface area contributed by atoms with E-state index < -0.39 is 21.5 Å². The molecule has 26 heavy (non-hydrogen) atoms. The van der Waals surface area contributed by atoms with E-state index in [1.54, 1.807) is 6.07 Å². The number of nitrogens with one attached hydrogen (secondary N) is 1. The number of benzene rings is 2. The summed E-state index contributed by atoms with van der Waals surface area (Å²) >= 11 is 6.04. The van der Waals surface area contributed by atoms with Crippen molar-refractivity contribution in [2.24, 2.45) is 0 Å². The minimum absolute atomic E-state index is 0.362. The van der Waals surface area contributed by atoms with Gasteiger partial charge in [-0.15, -0.1) is 0 Å². The Bertz CT molecular complexity index is 918. The standard InChI is InChI=1S/C20H22ClNO3S/c1-14-11-16(15-5-4-6-17(21)12-15)9-10-19(14)22-20(23)13-26(24,25)18-7-2-3-8-18/h4-6,9-12,18H,2-3,7-8,13H2,1H3,(H,22,23). The fourth-order valence-electron chi connectivity index (χ4n) is 3.39. The first-order valence-corrected chi connectivity index (χ1v) is 10.8. The van der Waals surface area contributed by atoms with Crippen molar-refractivity contribution in [3.05, 3.63) is 53.1 Å². The van der Waals surface area contributed by atoms with Crippen LogP contribution in [0.2, 0.25) is 5.02 Å². The SMILES string of the molecule is Cc1cc(-c2cccc(Cl)c2)ccc1NC(=O)CS(=O)(=O)C1CCCC1.